The van der Waals surface area contributed by atoms with Crippen molar-refractivity contribution in [2.24, 2.45) is 0 Å². The van der Waals surface area contributed by atoms with Crippen molar-refractivity contribution in [2.45, 2.75) is 38.8 Å². The van der Waals surface area contributed by atoms with Crippen molar-refractivity contribution < 1.29 is 10.2 Å². The van der Waals surface area contributed by atoms with E-state index in [1.165, 1.54) is 0 Å². The third-order valence-corrected chi connectivity index (χ3v) is 3.63. The van der Waals surface area contributed by atoms with E-state index < -0.39 is 6.10 Å². The van der Waals surface area contributed by atoms with Crippen LogP contribution >= 0.6 is 11.6 Å². The van der Waals surface area contributed by atoms with Crippen molar-refractivity contribution >= 4 is 11.6 Å². The van der Waals surface area contributed by atoms with E-state index >= 15 is 0 Å². The molecule has 108 valence electrons. The summed E-state index contributed by atoms with van der Waals surface area (Å²) in [5, 5.41) is 19.7. The monoisotopic (exact) mass is 285 g/mol. The van der Waals surface area contributed by atoms with Crippen LogP contribution in [-0.2, 0) is 0 Å². The Hall–Kier alpha value is -0.610. The molecule has 1 aromatic rings. The van der Waals surface area contributed by atoms with E-state index in [0.29, 0.717) is 17.5 Å². The first-order valence-electron chi connectivity index (χ1n) is 6.83. The standard InChI is InChI=1S/C15H24ClNO2/c1-12(2)17(9-5-11-18)10-8-15(19)13-6-3-4-7-14(13)16/h3-4,6-7,12,15,18-19H,5,8-11H2,1-2H3. The zero-order valence-corrected chi connectivity index (χ0v) is 12.5. The number of hydrogen-bond acceptors (Lipinski definition) is 3. The highest BCUT2D eigenvalue weighted by atomic mass is 35.5. The van der Waals surface area contributed by atoms with Crippen molar-refractivity contribution in [3.05, 3.63) is 34.9 Å². The molecule has 0 heterocycles. The molecule has 3 nitrogen and oxygen atoms in total. The fourth-order valence-corrected chi connectivity index (χ4v) is 2.35. The molecule has 0 aromatic heterocycles. The van der Waals surface area contributed by atoms with Crippen LogP contribution in [0.4, 0.5) is 0 Å². The van der Waals surface area contributed by atoms with Gasteiger partial charge in [-0.15, -0.1) is 0 Å². The second kappa shape index (κ2) is 8.54. The van der Waals surface area contributed by atoms with Gasteiger partial charge in [0.25, 0.3) is 0 Å². The highest BCUT2D eigenvalue weighted by Crippen LogP contribution is 2.25. The second-order valence-electron chi connectivity index (χ2n) is 5.03. The van der Waals surface area contributed by atoms with Gasteiger partial charge >= 0.3 is 0 Å². The molecular weight excluding hydrogens is 262 g/mol. The number of benzene rings is 1. The van der Waals surface area contributed by atoms with Gasteiger partial charge in [-0.05, 0) is 38.3 Å². The van der Waals surface area contributed by atoms with Crippen LogP contribution in [0, 0.1) is 0 Å². The molecular formula is C15H24ClNO2. The lowest BCUT2D eigenvalue weighted by Gasteiger charge is -2.27. The SMILES string of the molecule is CC(C)N(CCCO)CCC(O)c1ccccc1Cl. The van der Waals surface area contributed by atoms with E-state index in [1.54, 1.807) is 6.07 Å². The van der Waals surface area contributed by atoms with Crippen molar-refractivity contribution in [3.8, 4) is 0 Å². The Labute approximate surface area is 120 Å². The molecule has 2 N–H and O–H groups in total. The Bertz CT molecular complexity index is 371. The fourth-order valence-electron chi connectivity index (χ4n) is 2.09. The van der Waals surface area contributed by atoms with Gasteiger partial charge in [-0.2, -0.15) is 0 Å². The Morgan fingerprint density at radius 2 is 1.89 bits per heavy atom. The Kier molecular flexibility index (Phi) is 7.39. The fraction of sp³-hybridized carbons (Fsp3) is 0.600. The molecule has 0 aliphatic heterocycles. The maximum Gasteiger partial charge on any atom is 0.0816 e. The van der Waals surface area contributed by atoms with E-state index in [1.807, 2.05) is 18.2 Å². The minimum absolute atomic E-state index is 0.205. The Morgan fingerprint density at radius 3 is 2.47 bits per heavy atom. The zero-order valence-electron chi connectivity index (χ0n) is 11.7. The van der Waals surface area contributed by atoms with Crippen LogP contribution in [-0.4, -0.2) is 40.9 Å². The van der Waals surface area contributed by atoms with Gasteiger partial charge in [0.05, 0.1) is 6.10 Å². The summed E-state index contributed by atoms with van der Waals surface area (Å²) in [6.45, 7) is 6.10. The molecule has 4 heteroatoms. The molecule has 0 spiro atoms. The summed E-state index contributed by atoms with van der Waals surface area (Å²) in [7, 11) is 0. The largest absolute Gasteiger partial charge is 0.396 e. The number of rotatable bonds is 8. The summed E-state index contributed by atoms with van der Waals surface area (Å²) in [5.74, 6) is 0. The zero-order chi connectivity index (χ0) is 14.3. The highest BCUT2D eigenvalue weighted by Gasteiger charge is 2.14. The Morgan fingerprint density at radius 1 is 1.21 bits per heavy atom. The average molecular weight is 286 g/mol. The molecule has 1 rings (SSSR count). The third-order valence-electron chi connectivity index (χ3n) is 3.29. The molecule has 1 unspecified atom stereocenters. The van der Waals surface area contributed by atoms with Gasteiger partial charge in [0.15, 0.2) is 0 Å². The maximum atomic E-state index is 10.2. The molecule has 0 saturated carbocycles. The van der Waals surface area contributed by atoms with Gasteiger partial charge < -0.3 is 15.1 Å². The van der Waals surface area contributed by atoms with Crippen LogP contribution in [0.25, 0.3) is 0 Å². The molecule has 0 fully saturated rings. The van der Waals surface area contributed by atoms with Crippen LogP contribution in [0.15, 0.2) is 24.3 Å². The molecule has 0 amide bonds. The first kappa shape index (κ1) is 16.4. The van der Waals surface area contributed by atoms with E-state index in [-0.39, 0.29) is 6.61 Å². The second-order valence-corrected chi connectivity index (χ2v) is 5.44. The first-order valence-corrected chi connectivity index (χ1v) is 7.21. The van der Waals surface area contributed by atoms with Crippen LogP contribution in [0.3, 0.4) is 0 Å². The van der Waals surface area contributed by atoms with Gasteiger partial charge in [-0.1, -0.05) is 29.8 Å². The van der Waals surface area contributed by atoms with Gasteiger partial charge in [0.1, 0.15) is 0 Å². The van der Waals surface area contributed by atoms with Gasteiger partial charge in [0.2, 0.25) is 0 Å². The minimum atomic E-state index is -0.538. The van der Waals surface area contributed by atoms with Crippen LogP contribution in [0.1, 0.15) is 38.4 Å². The summed E-state index contributed by atoms with van der Waals surface area (Å²) >= 11 is 6.07. The number of halogens is 1. The molecule has 19 heavy (non-hydrogen) atoms. The van der Waals surface area contributed by atoms with Crippen molar-refractivity contribution in [1.82, 2.24) is 4.90 Å². The van der Waals surface area contributed by atoms with Crippen LogP contribution < -0.4 is 0 Å². The van der Waals surface area contributed by atoms with E-state index in [4.69, 9.17) is 16.7 Å². The number of hydrogen-bond donors (Lipinski definition) is 2. The summed E-state index contributed by atoms with van der Waals surface area (Å²) in [4.78, 5) is 2.26. The number of aliphatic hydroxyl groups is 2. The summed E-state index contributed by atoms with van der Waals surface area (Å²) in [6.07, 6.45) is 0.873. The topological polar surface area (TPSA) is 43.7 Å². The number of aliphatic hydroxyl groups excluding tert-OH is 2. The molecule has 1 atom stereocenters. The van der Waals surface area contributed by atoms with Crippen molar-refractivity contribution in [2.75, 3.05) is 19.7 Å². The van der Waals surface area contributed by atoms with Gasteiger partial charge in [-0.25, -0.2) is 0 Å². The molecule has 0 saturated heterocycles. The molecule has 0 bridgehead atoms. The van der Waals surface area contributed by atoms with Crippen molar-refractivity contribution in [3.63, 3.8) is 0 Å². The van der Waals surface area contributed by atoms with E-state index in [0.717, 1.165) is 25.1 Å². The van der Waals surface area contributed by atoms with Gasteiger partial charge in [0, 0.05) is 30.8 Å². The number of nitrogens with zero attached hydrogens (tertiary/aromatic N) is 1. The summed E-state index contributed by atoms with van der Waals surface area (Å²) in [6, 6.07) is 7.81. The lowest BCUT2D eigenvalue weighted by Crippen LogP contribution is -2.34. The Balaban J connectivity index is 2.52. The molecule has 1 aromatic carbocycles. The average Bonchev–Trinajstić information content (AvgIpc) is 2.38. The maximum absolute atomic E-state index is 10.2. The third kappa shape index (κ3) is 5.49. The predicted molar refractivity (Wildman–Crippen MR) is 79.4 cm³/mol. The van der Waals surface area contributed by atoms with Crippen LogP contribution in [0.2, 0.25) is 5.02 Å². The van der Waals surface area contributed by atoms with E-state index in [9.17, 15) is 5.11 Å². The minimum Gasteiger partial charge on any atom is -0.396 e. The van der Waals surface area contributed by atoms with E-state index in [2.05, 4.69) is 18.7 Å². The summed E-state index contributed by atoms with van der Waals surface area (Å²) in [5.41, 5.74) is 0.787. The predicted octanol–water partition coefficient (Wildman–Crippen LogP) is 2.86. The molecule has 0 aliphatic carbocycles. The lowest BCUT2D eigenvalue weighted by atomic mass is 10.1. The normalized spacial score (nSPS) is 13.2. The van der Waals surface area contributed by atoms with Gasteiger partial charge in [-0.3, -0.25) is 0 Å². The molecule has 0 aliphatic rings. The van der Waals surface area contributed by atoms with Crippen molar-refractivity contribution in [1.29, 1.82) is 0 Å². The summed E-state index contributed by atoms with van der Waals surface area (Å²) < 4.78 is 0. The van der Waals surface area contributed by atoms with Crippen LogP contribution in [0.5, 0.6) is 0 Å². The highest BCUT2D eigenvalue weighted by molar-refractivity contribution is 6.31. The lowest BCUT2D eigenvalue weighted by molar-refractivity contribution is 0.125. The molecule has 0 radical (unpaired) electrons. The smallest absolute Gasteiger partial charge is 0.0816 e. The first-order chi connectivity index (χ1) is 9.06. The quantitative estimate of drug-likeness (QED) is 0.772.